The molecule has 7 nitrogen and oxygen atoms in total. The minimum Gasteiger partial charge on any atom is -0.494 e. The predicted molar refractivity (Wildman–Crippen MR) is 142 cm³/mol. The second-order valence-corrected chi connectivity index (χ2v) is 8.39. The second kappa shape index (κ2) is 12.0. The molecule has 0 radical (unpaired) electrons. The highest BCUT2D eigenvalue weighted by Gasteiger charge is 2.10. The van der Waals surface area contributed by atoms with Gasteiger partial charge in [-0.15, -0.1) is 0 Å². The number of nitrogens with one attached hydrogen (secondary N) is 1. The van der Waals surface area contributed by atoms with E-state index in [2.05, 4.69) is 26.5 Å². The molecule has 0 aliphatic carbocycles. The van der Waals surface area contributed by atoms with Crippen molar-refractivity contribution in [3.05, 3.63) is 101 Å². The van der Waals surface area contributed by atoms with E-state index in [4.69, 9.17) is 14.2 Å². The number of esters is 1. The molecule has 0 atom stereocenters. The van der Waals surface area contributed by atoms with E-state index in [9.17, 15) is 9.59 Å². The number of hydrogen-bond acceptors (Lipinski definition) is 6. The Morgan fingerprint density at radius 3 is 2.36 bits per heavy atom. The molecule has 0 heterocycles. The van der Waals surface area contributed by atoms with Crippen molar-refractivity contribution < 1.29 is 23.8 Å². The molecule has 0 aliphatic heterocycles. The summed E-state index contributed by atoms with van der Waals surface area (Å²) in [5.41, 5.74) is 3.57. The van der Waals surface area contributed by atoms with Crippen LogP contribution in [0.4, 0.5) is 0 Å². The molecule has 4 rings (SSSR count). The molecule has 36 heavy (non-hydrogen) atoms. The van der Waals surface area contributed by atoms with Crippen molar-refractivity contribution in [2.75, 3.05) is 13.2 Å². The number of amides is 1. The molecule has 8 heteroatoms. The number of fused-ring (bicyclic) bond motifs is 1. The zero-order valence-electron chi connectivity index (χ0n) is 19.4. The fraction of sp³-hybridized carbons (Fsp3) is 0.107. The first-order chi connectivity index (χ1) is 17.5. The molecule has 0 aromatic heterocycles. The van der Waals surface area contributed by atoms with Crippen LogP contribution in [0.5, 0.6) is 17.2 Å². The summed E-state index contributed by atoms with van der Waals surface area (Å²) in [6, 6.07) is 25.1. The number of hydrogen-bond donors (Lipinski definition) is 1. The summed E-state index contributed by atoms with van der Waals surface area (Å²) in [5.74, 6) is 0.794. The normalized spacial score (nSPS) is 10.8. The van der Waals surface area contributed by atoms with Gasteiger partial charge in [0.25, 0.3) is 5.91 Å². The summed E-state index contributed by atoms with van der Waals surface area (Å²) in [6.45, 7) is 2.26. The van der Waals surface area contributed by atoms with Gasteiger partial charge in [0.15, 0.2) is 6.61 Å². The zero-order chi connectivity index (χ0) is 25.3. The number of carbonyl (C=O) groups excluding carboxylic acids is 2. The second-order valence-electron chi connectivity index (χ2n) is 7.60. The molecule has 0 spiro atoms. The first-order valence-electron chi connectivity index (χ1n) is 11.2. The first-order valence-corrected chi connectivity index (χ1v) is 12.0. The van der Waals surface area contributed by atoms with Crippen LogP contribution in [0.1, 0.15) is 22.8 Å². The number of halogens is 1. The summed E-state index contributed by atoms with van der Waals surface area (Å²) in [6.07, 6.45) is 1.49. The highest BCUT2D eigenvalue weighted by Crippen LogP contribution is 2.32. The molecule has 0 saturated carbocycles. The summed E-state index contributed by atoms with van der Waals surface area (Å²) in [5, 5.41) is 6.03. The van der Waals surface area contributed by atoms with Gasteiger partial charge in [0, 0.05) is 0 Å². The zero-order valence-corrected chi connectivity index (χ0v) is 21.0. The van der Waals surface area contributed by atoms with E-state index < -0.39 is 11.9 Å². The summed E-state index contributed by atoms with van der Waals surface area (Å²) in [7, 11) is 0. The van der Waals surface area contributed by atoms with Crippen LogP contribution in [0.15, 0.2) is 94.5 Å². The lowest BCUT2D eigenvalue weighted by atomic mass is 10.1. The molecule has 0 saturated heterocycles. The summed E-state index contributed by atoms with van der Waals surface area (Å²) >= 11 is 3.53. The maximum atomic E-state index is 12.3. The van der Waals surface area contributed by atoms with E-state index >= 15 is 0 Å². The van der Waals surface area contributed by atoms with Gasteiger partial charge in [-0.1, -0.05) is 30.3 Å². The van der Waals surface area contributed by atoms with Crippen molar-refractivity contribution in [2.45, 2.75) is 6.92 Å². The molecule has 4 aromatic rings. The van der Waals surface area contributed by atoms with Crippen LogP contribution in [0.3, 0.4) is 0 Å². The van der Waals surface area contributed by atoms with E-state index in [1.807, 2.05) is 43.3 Å². The van der Waals surface area contributed by atoms with Crippen LogP contribution >= 0.6 is 15.9 Å². The van der Waals surface area contributed by atoms with Crippen LogP contribution in [-0.4, -0.2) is 31.3 Å². The van der Waals surface area contributed by atoms with Gasteiger partial charge in [-0.2, -0.15) is 5.10 Å². The summed E-state index contributed by atoms with van der Waals surface area (Å²) < 4.78 is 17.2. The minimum atomic E-state index is -0.468. The van der Waals surface area contributed by atoms with Gasteiger partial charge in [-0.25, -0.2) is 10.2 Å². The van der Waals surface area contributed by atoms with Crippen molar-refractivity contribution in [3.63, 3.8) is 0 Å². The Hall–Kier alpha value is -4.17. The Kier molecular flexibility index (Phi) is 8.31. The molecular formula is C28H23BrN2O5. The van der Waals surface area contributed by atoms with E-state index in [1.165, 1.54) is 6.21 Å². The third-order valence-corrected chi connectivity index (χ3v) is 5.90. The molecule has 182 valence electrons. The predicted octanol–water partition coefficient (Wildman–Crippen LogP) is 5.75. The maximum Gasteiger partial charge on any atom is 0.343 e. The standard InChI is InChI=1S/C28H23BrN2O5/c1-2-34-22-14-9-21(10-15-22)28(33)36-23-12-7-19(8-13-23)17-30-31-26(32)18-35-25-16-11-20-5-3-4-6-24(20)27(25)29/h3-17H,2,18H2,1H3,(H,31,32)/b30-17+. The molecule has 1 N–H and O–H groups in total. The molecule has 4 aromatic carbocycles. The number of carbonyl (C=O) groups is 2. The first kappa shape index (κ1) is 24.9. The number of nitrogens with zero attached hydrogens (tertiary/aromatic N) is 1. The van der Waals surface area contributed by atoms with Crippen LogP contribution in [-0.2, 0) is 4.79 Å². The monoisotopic (exact) mass is 546 g/mol. The smallest absolute Gasteiger partial charge is 0.343 e. The lowest BCUT2D eigenvalue weighted by molar-refractivity contribution is -0.123. The van der Waals surface area contributed by atoms with E-state index in [1.54, 1.807) is 48.5 Å². The molecule has 0 bridgehead atoms. The Balaban J connectivity index is 1.25. The largest absolute Gasteiger partial charge is 0.494 e. The Bertz CT molecular complexity index is 1390. The molecule has 0 aliphatic rings. The lowest BCUT2D eigenvalue weighted by Gasteiger charge is -2.09. The van der Waals surface area contributed by atoms with Crippen molar-refractivity contribution in [3.8, 4) is 17.2 Å². The highest BCUT2D eigenvalue weighted by molar-refractivity contribution is 9.10. The van der Waals surface area contributed by atoms with Crippen molar-refractivity contribution in [1.29, 1.82) is 0 Å². The van der Waals surface area contributed by atoms with Crippen LogP contribution in [0.2, 0.25) is 0 Å². The van der Waals surface area contributed by atoms with Crippen LogP contribution in [0, 0.1) is 0 Å². The summed E-state index contributed by atoms with van der Waals surface area (Å²) in [4.78, 5) is 24.4. The third-order valence-electron chi connectivity index (χ3n) is 5.08. The van der Waals surface area contributed by atoms with Crippen molar-refractivity contribution >= 4 is 44.8 Å². The number of rotatable bonds is 9. The van der Waals surface area contributed by atoms with Gasteiger partial charge in [-0.3, -0.25) is 4.79 Å². The molecule has 0 unspecified atom stereocenters. The Morgan fingerprint density at radius 2 is 1.61 bits per heavy atom. The van der Waals surface area contributed by atoms with Crippen molar-refractivity contribution in [1.82, 2.24) is 5.43 Å². The molecular weight excluding hydrogens is 524 g/mol. The molecule has 0 fully saturated rings. The van der Waals surface area contributed by atoms with E-state index in [0.717, 1.165) is 15.2 Å². The van der Waals surface area contributed by atoms with Gasteiger partial charge in [0.05, 0.1) is 22.9 Å². The lowest BCUT2D eigenvalue weighted by Crippen LogP contribution is -2.24. The van der Waals surface area contributed by atoms with Gasteiger partial charge in [0.1, 0.15) is 17.2 Å². The fourth-order valence-electron chi connectivity index (χ4n) is 3.32. The van der Waals surface area contributed by atoms with Gasteiger partial charge < -0.3 is 14.2 Å². The average Bonchev–Trinajstić information content (AvgIpc) is 2.90. The highest BCUT2D eigenvalue weighted by atomic mass is 79.9. The maximum absolute atomic E-state index is 12.3. The minimum absolute atomic E-state index is 0.186. The van der Waals surface area contributed by atoms with E-state index in [-0.39, 0.29) is 6.61 Å². The SMILES string of the molecule is CCOc1ccc(C(=O)Oc2ccc(/C=N/NC(=O)COc3ccc4ccccc4c3Br)cc2)cc1. The Labute approximate surface area is 216 Å². The third kappa shape index (κ3) is 6.49. The van der Waals surface area contributed by atoms with Gasteiger partial charge in [0.2, 0.25) is 0 Å². The van der Waals surface area contributed by atoms with Crippen LogP contribution in [0.25, 0.3) is 10.8 Å². The van der Waals surface area contributed by atoms with Crippen LogP contribution < -0.4 is 19.6 Å². The molecule has 1 amide bonds. The number of hydrazone groups is 1. The number of benzene rings is 4. The van der Waals surface area contributed by atoms with E-state index in [0.29, 0.717) is 35.0 Å². The fourth-order valence-corrected chi connectivity index (χ4v) is 3.93. The number of ether oxygens (including phenoxy) is 3. The quantitative estimate of drug-likeness (QED) is 0.125. The Morgan fingerprint density at radius 1 is 0.889 bits per heavy atom. The average molecular weight is 547 g/mol. The van der Waals surface area contributed by atoms with Crippen molar-refractivity contribution in [2.24, 2.45) is 5.10 Å². The van der Waals surface area contributed by atoms with Gasteiger partial charge in [-0.05, 0) is 93.8 Å². The van der Waals surface area contributed by atoms with Gasteiger partial charge >= 0.3 is 5.97 Å². The topological polar surface area (TPSA) is 86.2 Å².